The minimum absolute atomic E-state index is 0.107. The molecule has 0 spiro atoms. The number of ether oxygens (including phenoxy) is 2. The molecule has 4 rings (SSSR count). The fourth-order valence-electron chi connectivity index (χ4n) is 3.73. The predicted molar refractivity (Wildman–Crippen MR) is 127 cm³/mol. The molecule has 0 radical (unpaired) electrons. The molecule has 0 amide bonds. The molecule has 0 fully saturated rings. The number of fused-ring (bicyclic) bond motifs is 1. The lowest BCUT2D eigenvalue weighted by Gasteiger charge is -2.24. The van der Waals surface area contributed by atoms with Crippen molar-refractivity contribution in [3.05, 3.63) is 89.6 Å². The van der Waals surface area contributed by atoms with Gasteiger partial charge in [-0.2, -0.15) is 0 Å². The van der Waals surface area contributed by atoms with Crippen LogP contribution in [0.25, 0.3) is 6.08 Å². The number of hydrogen-bond acceptors (Lipinski definition) is 7. The van der Waals surface area contributed by atoms with Crippen molar-refractivity contribution in [2.75, 3.05) is 13.7 Å². The van der Waals surface area contributed by atoms with Gasteiger partial charge in [0.15, 0.2) is 16.3 Å². The van der Waals surface area contributed by atoms with Crippen LogP contribution >= 0.6 is 22.9 Å². The Morgan fingerprint density at radius 2 is 2.03 bits per heavy atom. The Hall–Kier alpha value is -3.36. The second kappa shape index (κ2) is 9.25. The number of allylic oxidation sites excluding steroid dienone is 1. The number of methoxy groups -OCH3 is 1. The molecule has 0 aliphatic carbocycles. The Balaban J connectivity index is 1.95. The van der Waals surface area contributed by atoms with Gasteiger partial charge in [-0.25, -0.2) is 9.79 Å². The van der Waals surface area contributed by atoms with Gasteiger partial charge in [0.1, 0.15) is 0 Å². The van der Waals surface area contributed by atoms with Crippen LogP contribution in [0.4, 0.5) is 0 Å². The number of phenols is 1. The van der Waals surface area contributed by atoms with E-state index in [2.05, 4.69) is 4.99 Å². The molecule has 1 aliphatic heterocycles. The quantitative estimate of drug-likeness (QED) is 0.562. The highest BCUT2D eigenvalue weighted by molar-refractivity contribution is 7.07. The van der Waals surface area contributed by atoms with E-state index >= 15 is 0 Å². The highest BCUT2D eigenvalue weighted by Gasteiger charge is 2.33. The maximum Gasteiger partial charge on any atom is 0.338 e. The van der Waals surface area contributed by atoms with Gasteiger partial charge in [-0.05, 0) is 43.2 Å². The van der Waals surface area contributed by atoms with Gasteiger partial charge >= 0.3 is 5.97 Å². The standard InChI is InChI=1S/C24H21ClN2O5S/c1-4-32-23(30)19-13(2)26-24-27(20(19)15-8-6-5-7-9-15)22(29)18(33-24)12-14-10-16(25)21(28)17(11-14)31-3/h5-12,20,28H,4H2,1-3H3/b18-12-. The number of benzene rings is 2. The van der Waals surface area contributed by atoms with E-state index in [0.717, 1.165) is 5.56 Å². The lowest BCUT2D eigenvalue weighted by Crippen LogP contribution is -2.39. The number of carbonyl (C=O) groups is 1. The van der Waals surface area contributed by atoms with Crippen LogP contribution in [0.5, 0.6) is 11.5 Å². The minimum atomic E-state index is -0.665. The number of hydrogen-bond donors (Lipinski definition) is 1. The first-order valence-corrected chi connectivity index (χ1v) is 11.4. The fourth-order valence-corrected chi connectivity index (χ4v) is 4.99. The molecule has 9 heteroatoms. The van der Waals surface area contributed by atoms with Crippen LogP contribution in [0.2, 0.25) is 5.02 Å². The topological polar surface area (TPSA) is 90.1 Å². The Morgan fingerprint density at radius 1 is 1.30 bits per heavy atom. The molecule has 7 nitrogen and oxygen atoms in total. The Morgan fingerprint density at radius 3 is 2.70 bits per heavy atom. The fraction of sp³-hybridized carbons (Fsp3) is 0.208. The van der Waals surface area contributed by atoms with Crippen LogP contribution in [0.3, 0.4) is 0 Å². The molecular formula is C24H21ClN2O5S. The van der Waals surface area contributed by atoms with Crippen molar-refractivity contribution in [2.45, 2.75) is 19.9 Å². The van der Waals surface area contributed by atoms with Gasteiger partial charge < -0.3 is 14.6 Å². The Kier molecular flexibility index (Phi) is 6.40. The lowest BCUT2D eigenvalue weighted by atomic mass is 9.96. The van der Waals surface area contributed by atoms with Crippen LogP contribution in [0.15, 0.2) is 63.5 Å². The molecule has 1 atom stereocenters. The number of carbonyl (C=O) groups excluding carboxylic acids is 1. The van der Waals surface area contributed by atoms with E-state index in [0.29, 0.717) is 26.2 Å². The van der Waals surface area contributed by atoms with E-state index in [1.165, 1.54) is 23.0 Å². The third kappa shape index (κ3) is 4.19. The van der Waals surface area contributed by atoms with Crippen molar-refractivity contribution < 1.29 is 19.4 Å². The highest BCUT2D eigenvalue weighted by atomic mass is 35.5. The summed E-state index contributed by atoms with van der Waals surface area (Å²) in [6.07, 6.45) is 1.66. The van der Waals surface area contributed by atoms with Crippen molar-refractivity contribution in [3.8, 4) is 11.5 Å². The predicted octanol–water partition coefficient (Wildman–Crippen LogP) is 3.17. The van der Waals surface area contributed by atoms with Gasteiger partial charge in [0.25, 0.3) is 5.56 Å². The number of esters is 1. The smallest absolute Gasteiger partial charge is 0.338 e. The molecule has 170 valence electrons. The molecule has 1 N–H and O–H groups in total. The number of aromatic nitrogens is 1. The first kappa shape index (κ1) is 22.8. The second-order valence-corrected chi connectivity index (χ2v) is 8.68. The summed E-state index contributed by atoms with van der Waals surface area (Å²) in [6, 6.07) is 11.8. The van der Waals surface area contributed by atoms with E-state index in [-0.39, 0.29) is 28.7 Å². The van der Waals surface area contributed by atoms with Gasteiger partial charge in [-0.15, -0.1) is 0 Å². The number of rotatable bonds is 5. The molecule has 1 aromatic heterocycles. The summed E-state index contributed by atoms with van der Waals surface area (Å²) in [4.78, 5) is 31.4. The zero-order chi connectivity index (χ0) is 23.7. The molecule has 2 aromatic carbocycles. The maximum atomic E-state index is 13.5. The molecular weight excluding hydrogens is 464 g/mol. The average Bonchev–Trinajstić information content (AvgIpc) is 3.10. The molecule has 2 heterocycles. The molecule has 1 unspecified atom stereocenters. The zero-order valence-corrected chi connectivity index (χ0v) is 19.7. The van der Waals surface area contributed by atoms with Crippen molar-refractivity contribution in [2.24, 2.45) is 4.99 Å². The van der Waals surface area contributed by atoms with Crippen LogP contribution in [-0.2, 0) is 9.53 Å². The average molecular weight is 485 g/mol. The summed E-state index contributed by atoms with van der Waals surface area (Å²) in [5.74, 6) is -0.474. The van der Waals surface area contributed by atoms with Gasteiger partial charge in [0, 0.05) is 0 Å². The summed E-state index contributed by atoms with van der Waals surface area (Å²) in [7, 11) is 1.42. The van der Waals surface area contributed by atoms with Crippen LogP contribution in [0.1, 0.15) is 31.0 Å². The molecule has 33 heavy (non-hydrogen) atoms. The van der Waals surface area contributed by atoms with Gasteiger partial charge in [-0.1, -0.05) is 53.3 Å². The van der Waals surface area contributed by atoms with Gasteiger partial charge in [0.05, 0.1) is 40.6 Å². The zero-order valence-electron chi connectivity index (χ0n) is 18.2. The lowest BCUT2D eigenvalue weighted by molar-refractivity contribution is -0.139. The van der Waals surface area contributed by atoms with Crippen LogP contribution in [0, 0.1) is 0 Å². The number of halogens is 1. The molecule has 0 saturated heterocycles. The minimum Gasteiger partial charge on any atom is -0.503 e. The van der Waals surface area contributed by atoms with E-state index in [1.807, 2.05) is 30.3 Å². The van der Waals surface area contributed by atoms with Gasteiger partial charge in [0.2, 0.25) is 0 Å². The highest BCUT2D eigenvalue weighted by Crippen LogP contribution is 2.35. The Bertz CT molecular complexity index is 1440. The normalized spacial score (nSPS) is 15.8. The maximum absolute atomic E-state index is 13.5. The van der Waals surface area contributed by atoms with E-state index < -0.39 is 12.0 Å². The summed E-state index contributed by atoms with van der Waals surface area (Å²) < 4.78 is 12.4. The molecule has 0 saturated carbocycles. The first-order chi connectivity index (χ1) is 15.8. The van der Waals surface area contributed by atoms with E-state index in [1.54, 1.807) is 32.1 Å². The van der Waals surface area contributed by atoms with Crippen LogP contribution < -0.4 is 19.6 Å². The van der Waals surface area contributed by atoms with Crippen molar-refractivity contribution in [1.82, 2.24) is 4.57 Å². The number of thiazole rings is 1. The number of aromatic hydroxyl groups is 1. The molecule has 0 bridgehead atoms. The summed E-state index contributed by atoms with van der Waals surface area (Å²) >= 11 is 7.31. The second-order valence-electron chi connectivity index (χ2n) is 7.27. The van der Waals surface area contributed by atoms with Crippen molar-refractivity contribution in [1.29, 1.82) is 0 Å². The van der Waals surface area contributed by atoms with Crippen molar-refractivity contribution >= 4 is 35.0 Å². The Labute approximate surface area is 198 Å². The molecule has 1 aliphatic rings. The number of phenolic OH excluding ortho intramolecular Hbond substituents is 1. The van der Waals surface area contributed by atoms with Crippen LogP contribution in [-0.4, -0.2) is 29.4 Å². The summed E-state index contributed by atoms with van der Waals surface area (Å²) in [6.45, 7) is 3.69. The van der Waals surface area contributed by atoms with Gasteiger partial charge in [-0.3, -0.25) is 9.36 Å². The summed E-state index contributed by atoms with van der Waals surface area (Å²) in [5, 5.41) is 10.1. The van der Waals surface area contributed by atoms with E-state index in [9.17, 15) is 14.7 Å². The summed E-state index contributed by atoms with van der Waals surface area (Å²) in [5.41, 5.74) is 1.89. The third-order valence-electron chi connectivity index (χ3n) is 5.20. The number of nitrogens with zero attached hydrogens (tertiary/aromatic N) is 2. The third-order valence-corrected chi connectivity index (χ3v) is 6.47. The monoisotopic (exact) mass is 484 g/mol. The SMILES string of the molecule is CCOC(=O)C1=C(C)N=c2s/c(=C\c3cc(Cl)c(O)c(OC)c3)c(=O)n2C1c1ccccc1. The van der Waals surface area contributed by atoms with Crippen molar-refractivity contribution in [3.63, 3.8) is 0 Å². The first-order valence-electron chi connectivity index (χ1n) is 10.2. The largest absolute Gasteiger partial charge is 0.503 e. The molecule has 3 aromatic rings. The van der Waals surface area contributed by atoms with E-state index in [4.69, 9.17) is 21.1 Å².